The standard InChI is InChI=1S/C11H9ClF2N4O/c1-18(2)10-15-9(12)16-11(17-10)19-8-5-6(13)3-4-7(8)14/h3-5H,1-2H3. The second-order valence-corrected chi connectivity index (χ2v) is 4.10. The number of hydrogen-bond donors (Lipinski definition) is 0. The van der Waals surface area contributed by atoms with Crippen LogP contribution in [0.2, 0.25) is 5.28 Å². The molecule has 1 heterocycles. The maximum atomic E-state index is 13.4. The zero-order valence-electron chi connectivity index (χ0n) is 10.1. The Morgan fingerprint density at radius 1 is 1.16 bits per heavy atom. The fraction of sp³-hybridized carbons (Fsp3) is 0.182. The highest BCUT2D eigenvalue weighted by Gasteiger charge is 2.12. The summed E-state index contributed by atoms with van der Waals surface area (Å²) in [6.07, 6.45) is 0. The average molecular weight is 287 g/mol. The molecule has 0 unspecified atom stereocenters. The Hall–Kier alpha value is -2.02. The molecule has 0 radical (unpaired) electrons. The maximum Gasteiger partial charge on any atom is 0.328 e. The molecule has 0 saturated heterocycles. The molecule has 0 aliphatic heterocycles. The van der Waals surface area contributed by atoms with Crippen molar-refractivity contribution in [2.75, 3.05) is 19.0 Å². The van der Waals surface area contributed by atoms with E-state index in [2.05, 4.69) is 15.0 Å². The molecule has 0 saturated carbocycles. The summed E-state index contributed by atoms with van der Waals surface area (Å²) in [7, 11) is 3.39. The summed E-state index contributed by atoms with van der Waals surface area (Å²) in [6.45, 7) is 0. The SMILES string of the molecule is CN(C)c1nc(Cl)nc(Oc2cc(F)ccc2F)n1. The van der Waals surface area contributed by atoms with Gasteiger partial charge < -0.3 is 9.64 Å². The summed E-state index contributed by atoms with van der Waals surface area (Å²) in [6, 6.07) is 2.60. The number of ether oxygens (including phenoxy) is 1. The molecule has 8 heteroatoms. The summed E-state index contributed by atoms with van der Waals surface area (Å²) in [5, 5.41) is -0.106. The largest absolute Gasteiger partial charge is 0.421 e. The Morgan fingerprint density at radius 3 is 2.58 bits per heavy atom. The number of halogens is 3. The van der Waals surface area contributed by atoms with Crippen LogP contribution in [0.4, 0.5) is 14.7 Å². The quantitative estimate of drug-likeness (QED) is 0.868. The zero-order chi connectivity index (χ0) is 14.0. The van der Waals surface area contributed by atoms with Crippen LogP contribution >= 0.6 is 11.6 Å². The minimum absolute atomic E-state index is 0.106. The van der Waals surface area contributed by atoms with Gasteiger partial charge in [0.1, 0.15) is 5.82 Å². The summed E-state index contributed by atoms with van der Waals surface area (Å²) in [5.74, 6) is -1.45. The van der Waals surface area contributed by atoms with Gasteiger partial charge in [0.25, 0.3) is 0 Å². The summed E-state index contributed by atoms with van der Waals surface area (Å²) >= 11 is 5.69. The Balaban J connectivity index is 2.35. The monoisotopic (exact) mass is 286 g/mol. The van der Waals surface area contributed by atoms with E-state index in [1.165, 1.54) is 0 Å². The number of hydrogen-bond acceptors (Lipinski definition) is 5. The molecule has 1 aromatic heterocycles. The van der Waals surface area contributed by atoms with Gasteiger partial charge in [-0.15, -0.1) is 0 Å². The van der Waals surface area contributed by atoms with Crippen molar-refractivity contribution in [1.82, 2.24) is 15.0 Å². The Labute approximate surface area is 112 Å². The van der Waals surface area contributed by atoms with Crippen molar-refractivity contribution in [3.05, 3.63) is 35.1 Å². The molecule has 0 aliphatic carbocycles. The zero-order valence-corrected chi connectivity index (χ0v) is 10.8. The number of benzene rings is 1. The van der Waals surface area contributed by atoms with E-state index < -0.39 is 11.6 Å². The molecule has 5 nitrogen and oxygen atoms in total. The minimum Gasteiger partial charge on any atom is -0.421 e. The lowest BCUT2D eigenvalue weighted by atomic mass is 10.3. The summed E-state index contributed by atoms with van der Waals surface area (Å²) in [4.78, 5) is 13.0. The molecule has 1 aromatic carbocycles. The molecule has 19 heavy (non-hydrogen) atoms. The highest BCUT2D eigenvalue weighted by atomic mass is 35.5. The van der Waals surface area contributed by atoms with Crippen molar-refractivity contribution in [2.24, 2.45) is 0 Å². The molecular weight excluding hydrogens is 278 g/mol. The fourth-order valence-corrected chi connectivity index (χ4v) is 1.37. The lowest BCUT2D eigenvalue weighted by Gasteiger charge is -2.11. The van der Waals surface area contributed by atoms with E-state index in [1.807, 2.05) is 0 Å². The van der Waals surface area contributed by atoms with Gasteiger partial charge in [-0.25, -0.2) is 8.78 Å². The van der Waals surface area contributed by atoms with Gasteiger partial charge in [-0.2, -0.15) is 15.0 Å². The Morgan fingerprint density at radius 2 is 1.89 bits per heavy atom. The van der Waals surface area contributed by atoms with Crippen LogP contribution in [-0.4, -0.2) is 29.0 Å². The van der Waals surface area contributed by atoms with Crippen molar-refractivity contribution in [1.29, 1.82) is 0 Å². The van der Waals surface area contributed by atoms with Gasteiger partial charge in [0, 0.05) is 20.2 Å². The van der Waals surface area contributed by atoms with Crippen molar-refractivity contribution in [2.45, 2.75) is 0 Å². The molecular formula is C11H9ClF2N4O. The second kappa shape index (κ2) is 5.31. The first-order valence-electron chi connectivity index (χ1n) is 5.17. The van der Waals surface area contributed by atoms with E-state index in [4.69, 9.17) is 16.3 Å². The average Bonchev–Trinajstić information content (AvgIpc) is 2.33. The molecule has 0 fully saturated rings. The van der Waals surface area contributed by atoms with E-state index in [9.17, 15) is 8.78 Å². The third kappa shape index (κ3) is 3.25. The predicted octanol–water partition coefficient (Wildman–Crippen LogP) is 2.66. The first-order valence-corrected chi connectivity index (χ1v) is 5.55. The highest BCUT2D eigenvalue weighted by molar-refractivity contribution is 6.28. The predicted molar refractivity (Wildman–Crippen MR) is 65.6 cm³/mol. The fourth-order valence-electron chi connectivity index (χ4n) is 1.22. The van der Waals surface area contributed by atoms with Gasteiger partial charge in [0.2, 0.25) is 11.2 Å². The first-order chi connectivity index (χ1) is 8.95. The van der Waals surface area contributed by atoms with Gasteiger partial charge in [0.15, 0.2) is 11.6 Å². The van der Waals surface area contributed by atoms with Crippen LogP contribution in [0.25, 0.3) is 0 Å². The van der Waals surface area contributed by atoms with Crippen LogP contribution in [0.5, 0.6) is 11.8 Å². The van der Waals surface area contributed by atoms with Gasteiger partial charge in [0.05, 0.1) is 0 Å². The third-order valence-corrected chi connectivity index (χ3v) is 2.24. The van der Waals surface area contributed by atoms with Crippen molar-refractivity contribution < 1.29 is 13.5 Å². The smallest absolute Gasteiger partial charge is 0.328 e. The number of anilines is 1. The minimum atomic E-state index is -0.732. The number of nitrogens with zero attached hydrogens (tertiary/aromatic N) is 4. The lowest BCUT2D eigenvalue weighted by molar-refractivity contribution is 0.405. The van der Waals surface area contributed by atoms with Crippen LogP contribution < -0.4 is 9.64 Å². The third-order valence-electron chi connectivity index (χ3n) is 2.07. The molecule has 2 aromatic rings. The molecule has 0 amide bonds. The Bertz CT molecular complexity index is 609. The van der Waals surface area contributed by atoms with Crippen molar-refractivity contribution in [3.8, 4) is 11.8 Å². The van der Waals surface area contributed by atoms with E-state index in [0.717, 1.165) is 18.2 Å². The molecule has 0 spiro atoms. The number of rotatable bonds is 3. The normalized spacial score (nSPS) is 10.4. The van der Waals surface area contributed by atoms with E-state index >= 15 is 0 Å². The van der Waals surface area contributed by atoms with Crippen LogP contribution in [-0.2, 0) is 0 Å². The van der Waals surface area contributed by atoms with E-state index in [1.54, 1.807) is 19.0 Å². The van der Waals surface area contributed by atoms with Gasteiger partial charge >= 0.3 is 6.01 Å². The van der Waals surface area contributed by atoms with Crippen LogP contribution in [0.3, 0.4) is 0 Å². The highest BCUT2D eigenvalue weighted by Crippen LogP contribution is 2.24. The molecule has 0 N–H and O–H groups in total. The van der Waals surface area contributed by atoms with Gasteiger partial charge in [-0.3, -0.25) is 0 Å². The number of aromatic nitrogens is 3. The molecule has 0 atom stereocenters. The maximum absolute atomic E-state index is 13.4. The van der Waals surface area contributed by atoms with Crippen molar-refractivity contribution >= 4 is 17.5 Å². The summed E-state index contributed by atoms with van der Waals surface area (Å²) < 4.78 is 31.5. The van der Waals surface area contributed by atoms with Gasteiger partial charge in [-0.05, 0) is 23.7 Å². The van der Waals surface area contributed by atoms with Crippen molar-refractivity contribution in [3.63, 3.8) is 0 Å². The van der Waals surface area contributed by atoms with Crippen LogP contribution in [0.15, 0.2) is 18.2 Å². The van der Waals surface area contributed by atoms with Crippen LogP contribution in [0, 0.1) is 11.6 Å². The second-order valence-electron chi connectivity index (χ2n) is 3.76. The first kappa shape index (κ1) is 13.4. The van der Waals surface area contributed by atoms with E-state index in [-0.39, 0.29) is 23.0 Å². The Kier molecular flexibility index (Phi) is 3.75. The van der Waals surface area contributed by atoms with E-state index in [0.29, 0.717) is 0 Å². The molecule has 0 aliphatic rings. The molecule has 100 valence electrons. The topological polar surface area (TPSA) is 51.1 Å². The molecule has 2 rings (SSSR count). The van der Waals surface area contributed by atoms with Crippen LogP contribution in [0.1, 0.15) is 0 Å². The lowest BCUT2D eigenvalue weighted by Crippen LogP contribution is -2.13. The molecule has 0 bridgehead atoms. The van der Waals surface area contributed by atoms with Gasteiger partial charge in [-0.1, -0.05) is 0 Å². The summed E-state index contributed by atoms with van der Waals surface area (Å²) in [5.41, 5.74) is 0.